The fourth-order valence-electron chi connectivity index (χ4n) is 0. The Morgan fingerprint density at radius 2 is 0.857 bits per heavy atom. The Bertz CT molecular complexity index is 8.90. The van der Waals surface area contributed by atoms with Gasteiger partial charge in [-0.15, -0.1) is 0 Å². The number of hydrogen-bond donors (Lipinski definition) is 0. The van der Waals surface area contributed by atoms with E-state index in [1.165, 1.54) is 5.92 Å². The van der Waals surface area contributed by atoms with Crippen molar-refractivity contribution in [3.8, 4) is 0 Å². The van der Waals surface area contributed by atoms with Gasteiger partial charge in [-0.3, -0.25) is 0 Å². The molecule has 0 fully saturated rings. The van der Waals surface area contributed by atoms with Crippen LogP contribution in [0.3, 0.4) is 0 Å². The molecule has 0 N–H and O–H groups in total. The van der Waals surface area contributed by atoms with E-state index in [4.69, 9.17) is 0 Å². The summed E-state index contributed by atoms with van der Waals surface area (Å²) < 4.78 is 0. The summed E-state index contributed by atoms with van der Waals surface area (Å²) in [6, 6.07) is 0. The smallest absolute Gasteiger partial charge is 0 e. The van der Waals surface area contributed by atoms with Crippen molar-refractivity contribution in [1.82, 2.24) is 0 Å². The molecule has 0 heterocycles. The van der Waals surface area contributed by atoms with Crippen LogP contribution in [0.5, 0.6) is 0 Å². The second-order valence-electron chi connectivity index (χ2n) is 1.50. The van der Waals surface area contributed by atoms with Gasteiger partial charge < -0.3 is 5.92 Å². The molecule has 0 rings (SSSR count). The molecule has 0 amide bonds. The molecule has 0 unspecified atom stereocenters. The van der Waals surface area contributed by atoms with Crippen molar-refractivity contribution >= 4 is 0 Å². The maximum atomic E-state index is 2.08. The summed E-state index contributed by atoms with van der Waals surface area (Å²) in [5.41, 5.74) is 0. The van der Waals surface area contributed by atoms with Gasteiger partial charge in [0, 0.05) is 32.7 Å². The summed E-state index contributed by atoms with van der Waals surface area (Å²) >= 11 is 0. The van der Waals surface area contributed by atoms with E-state index < -0.39 is 0 Å². The molecular weight excluding hydrogens is 161 g/mol. The molecule has 0 aliphatic heterocycles. The summed E-state index contributed by atoms with van der Waals surface area (Å²) in [7, 11) is 0. The Kier molecular flexibility index (Phi) is 54.5. The van der Waals surface area contributed by atoms with Crippen molar-refractivity contribution in [1.29, 1.82) is 0 Å². The van der Waals surface area contributed by atoms with Gasteiger partial charge in [0.25, 0.3) is 0 Å². The molecule has 45 valence electrons. The van der Waals surface area contributed by atoms with Crippen molar-refractivity contribution in [2.24, 2.45) is 0 Å². The fourth-order valence-corrected chi connectivity index (χ4v) is 0. The average Bonchev–Trinajstić information content (AvgIpc) is 0.811. The molecule has 0 nitrogen and oxygen atoms in total. The van der Waals surface area contributed by atoms with Gasteiger partial charge in [0.15, 0.2) is 0 Å². The second-order valence-corrected chi connectivity index (χ2v) is 1.50. The predicted molar refractivity (Wildman–Crippen MR) is 33.7 cm³/mol. The van der Waals surface area contributed by atoms with Gasteiger partial charge in [-0.25, -0.2) is 0 Å². The van der Waals surface area contributed by atoms with E-state index in [9.17, 15) is 0 Å². The van der Waals surface area contributed by atoms with E-state index in [1.807, 2.05) is 0 Å². The predicted octanol–water partition coefficient (Wildman–Crippen LogP) is 2.89. The second kappa shape index (κ2) is 15.7. The van der Waals surface area contributed by atoms with Gasteiger partial charge in [-0.2, -0.15) is 20.8 Å². The first kappa shape index (κ1) is 24.3. The Morgan fingerprint density at radius 3 is 0.857 bits per heavy atom. The minimum Gasteiger partial charge on any atom is -0.323 e. The molecule has 0 saturated heterocycles. The Labute approximate surface area is 74.0 Å². The zero-order chi connectivity index (χ0) is 3.58. The molecule has 7 heavy (non-hydrogen) atoms. The van der Waals surface area contributed by atoms with Crippen LogP contribution in [-0.4, -0.2) is 0 Å². The summed E-state index contributed by atoms with van der Waals surface area (Å²) in [4.78, 5) is 0. The first-order valence-electron chi connectivity index (χ1n) is 1.50. The molecule has 0 aromatic rings. The molecule has 0 aromatic heterocycles. The van der Waals surface area contributed by atoms with Gasteiger partial charge in [0.05, 0.1) is 0 Å². The maximum absolute atomic E-state index is 2.08. The average molecular weight is 178 g/mol. The van der Waals surface area contributed by atoms with Crippen LogP contribution in [0.4, 0.5) is 0 Å². The van der Waals surface area contributed by atoms with Gasteiger partial charge in [0.1, 0.15) is 0 Å². The molecule has 0 spiro atoms. The van der Waals surface area contributed by atoms with Crippen LogP contribution < -0.4 is 0 Å². The van der Waals surface area contributed by atoms with Crippen LogP contribution in [0.2, 0.25) is 0 Å². The summed E-state index contributed by atoms with van der Waals surface area (Å²) in [5.74, 6) is 1.42. The molecule has 0 atom stereocenters. The molecule has 1 radical (unpaired) electrons. The molecule has 0 saturated carbocycles. The van der Waals surface area contributed by atoms with Crippen molar-refractivity contribution in [3.63, 3.8) is 0 Å². The third-order valence-corrected chi connectivity index (χ3v) is 0. The van der Waals surface area contributed by atoms with E-state index in [0.717, 1.165) is 0 Å². The van der Waals surface area contributed by atoms with Gasteiger partial charge >= 0.3 is 0 Å². The van der Waals surface area contributed by atoms with Crippen LogP contribution in [0.15, 0.2) is 0 Å². The summed E-state index contributed by atoms with van der Waals surface area (Å²) in [6.07, 6.45) is 0. The van der Waals surface area contributed by atoms with Gasteiger partial charge in [-0.05, 0) is 0 Å². The van der Waals surface area contributed by atoms with Crippen molar-refractivity contribution in [2.75, 3.05) is 0 Å². The Hall–Kier alpha value is 1.10. The quantitative estimate of drug-likeness (QED) is 0.500. The van der Waals surface area contributed by atoms with Crippen LogP contribution in [0, 0.1) is 5.92 Å². The standard InChI is InChI=1S/C4H9.2CH4.Y/c1-4(2)3;;;/h1-3H3;2*1H4;/q-1;;;. The van der Waals surface area contributed by atoms with Gasteiger partial charge in [-0.1, -0.05) is 14.9 Å². The van der Waals surface area contributed by atoms with Gasteiger partial charge in [0.2, 0.25) is 0 Å². The van der Waals surface area contributed by atoms with E-state index in [2.05, 4.69) is 20.8 Å². The SMILES string of the molecule is C.C.C[C-](C)C.[Y]. The summed E-state index contributed by atoms with van der Waals surface area (Å²) in [6.45, 7) is 6.25. The van der Waals surface area contributed by atoms with Crippen molar-refractivity contribution in [3.05, 3.63) is 5.92 Å². The van der Waals surface area contributed by atoms with E-state index in [1.54, 1.807) is 0 Å². The molecule has 0 aromatic carbocycles. The number of hydrogen-bond acceptors (Lipinski definition) is 0. The Balaban J connectivity index is -0.0000000150. The van der Waals surface area contributed by atoms with E-state index >= 15 is 0 Å². The Morgan fingerprint density at radius 1 is 0.857 bits per heavy atom. The van der Waals surface area contributed by atoms with Crippen LogP contribution >= 0.6 is 0 Å². The first-order chi connectivity index (χ1) is 1.73. The normalized spacial score (nSPS) is 5.14. The molecule has 1 heteroatoms. The van der Waals surface area contributed by atoms with E-state index in [-0.39, 0.29) is 47.6 Å². The molecule has 0 bridgehead atoms. The monoisotopic (exact) mass is 178 g/mol. The molecule has 0 aliphatic carbocycles. The maximum Gasteiger partial charge on any atom is 0 e. The third kappa shape index (κ3) is 152. The zero-order valence-corrected chi connectivity index (χ0v) is 6.92. The topological polar surface area (TPSA) is 0 Å². The summed E-state index contributed by atoms with van der Waals surface area (Å²) in [5, 5.41) is 0. The third-order valence-electron chi connectivity index (χ3n) is 0. The van der Waals surface area contributed by atoms with Crippen molar-refractivity contribution < 1.29 is 32.7 Å². The zero-order valence-electron chi connectivity index (χ0n) is 4.08. The van der Waals surface area contributed by atoms with Crippen LogP contribution in [0.25, 0.3) is 0 Å². The van der Waals surface area contributed by atoms with Crippen molar-refractivity contribution in [2.45, 2.75) is 35.6 Å². The minimum absolute atomic E-state index is 0. The molecule has 0 aliphatic rings. The number of rotatable bonds is 0. The fraction of sp³-hybridized carbons (Fsp3) is 0.833. The largest absolute Gasteiger partial charge is 0.323 e. The molecular formula is C6H17Y-. The van der Waals surface area contributed by atoms with Crippen LogP contribution in [-0.2, 0) is 32.7 Å². The van der Waals surface area contributed by atoms with Crippen LogP contribution in [0.1, 0.15) is 35.6 Å². The first-order valence-corrected chi connectivity index (χ1v) is 1.50. The minimum atomic E-state index is 0. The van der Waals surface area contributed by atoms with E-state index in [0.29, 0.717) is 0 Å².